The van der Waals surface area contributed by atoms with Crippen molar-refractivity contribution in [1.82, 2.24) is 20.5 Å². The number of aliphatic hydroxyl groups is 1. The molecule has 13 heteroatoms. The second-order valence-electron chi connectivity index (χ2n) is 10.4. The van der Waals surface area contributed by atoms with Gasteiger partial charge in [-0.15, -0.1) is 37.2 Å². The van der Waals surface area contributed by atoms with Crippen molar-refractivity contribution in [3.8, 4) is 0 Å². The van der Waals surface area contributed by atoms with E-state index >= 15 is 0 Å². The SMILES string of the molecule is Cl.Cl.Cl.N[C@@H]1CN[C@H](C(=O)N2C[C@H](NC(=O)[C@H](O)CCc3ccccc3)C[C@H]2C(=O)Nc2cnc3ccccc3c2)C1. The van der Waals surface area contributed by atoms with E-state index in [1.807, 2.05) is 60.7 Å². The summed E-state index contributed by atoms with van der Waals surface area (Å²) in [7, 11) is 0. The van der Waals surface area contributed by atoms with Crippen LogP contribution < -0.4 is 21.7 Å². The Labute approximate surface area is 263 Å². The molecule has 0 aliphatic carbocycles. The molecule has 228 valence electrons. The van der Waals surface area contributed by atoms with Gasteiger partial charge in [0.2, 0.25) is 17.7 Å². The maximum absolute atomic E-state index is 13.4. The van der Waals surface area contributed by atoms with Gasteiger partial charge in [-0.3, -0.25) is 19.4 Å². The first-order valence-corrected chi connectivity index (χ1v) is 13.3. The first-order valence-electron chi connectivity index (χ1n) is 13.3. The van der Waals surface area contributed by atoms with Crippen LogP contribution in [-0.4, -0.2) is 76.1 Å². The zero-order chi connectivity index (χ0) is 27.4. The third kappa shape index (κ3) is 8.53. The average Bonchev–Trinajstić information content (AvgIpc) is 3.58. The van der Waals surface area contributed by atoms with Crippen LogP contribution >= 0.6 is 37.2 Å². The summed E-state index contributed by atoms with van der Waals surface area (Å²) in [5, 5.41) is 20.2. The summed E-state index contributed by atoms with van der Waals surface area (Å²) in [4.78, 5) is 45.5. The number of anilines is 1. The zero-order valence-corrected chi connectivity index (χ0v) is 25.3. The van der Waals surface area contributed by atoms with Crippen molar-refractivity contribution >= 4 is 71.5 Å². The van der Waals surface area contributed by atoms with Crippen LogP contribution in [0.4, 0.5) is 5.69 Å². The van der Waals surface area contributed by atoms with Crippen molar-refractivity contribution in [3.63, 3.8) is 0 Å². The van der Waals surface area contributed by atoms with E-state index in [0.29, 0.717) is 25.1 Å². The number of hydrogen-bond acceptors (Lipinski definition) is 7. The molecule has 1 aromatic heterocycles. The molecule has 2 aliphatic heterocycles. The predicted molar refractivity (Wildman–Crippen MR) is 169 cm³/mol. The van der Waals surface area contributed by atoms with Crippen LogP contribution in [-0.2, 0) is 20.8 Å². The fraction of sp³-hybridized carbons (Fsp3) is 0.379. The number of halogens is 3. The maximum Gasteiger partial charge on any atom is 0.249 e. The number of aromatic nitrogens is 1. The number of fused-ring (bicyclic) bond motifs is 1. The van der Waals surface area contributed by atoms with Crippen LogP contribution in [0.3, 0.4) is 0 Å². The Bertz CT molecular complexity index is 1350. The number of rotatable bonds is 8. The number of para-hydroxylation sites is 1. The highest BCUT2D eigenvalue weighted by molar-refractivity contribution is 5.99. The van der Waals surface area contributed by atoms with E-state index in [9.17, 15) is 19.5 Å². The normalized spacial score (nSPS) is 21.8. The molecular weight excluding hydrogens is 603 g/mol. The van der Waals surface area contributed by atoms with Gasteiger partial charge in [-0.05, 0) is 43.4 Å². The lowest BCUT2D eigenvalue weighted by molar-refractivity contribution is -0.138. The van der Waals surface area contributed by atoms with E-state index in [1.54, 1.807) is 6.20 Å². The summed E-state index contributed by atoms with van der Waals surface area (Å²) in [6.45, 7) is 0.690. The largest absolute Gasteiger partial charge is 0.383 e. The molecule has 0 saturated carbocycles. The molecule has 2 fully saturated rings. The van der Waals surface area contributed by atoms with Crippen LogP contribution in [0.2, 0.25) is 0 Å². The number of pyridine rings is 1. The maximum atomic E-state index is 13.4. The van der Waals surface area contributed by atoms with Crippen LogP contribution in [0, 0.1) is 0 Å². The van der Waals surface area contributed by atoms with E-state index in [2.05, 4.69) is 20.9 Å². The molecule has 5 rings (SSSR count). The summed E-state index contributed by atoms with van der Waals surface area (Å²) >= 11 is 0. The summed E-state index contributed by atoms with van der Waals surface area (Å²) in [6, 6.07) is 17.2. The number of amides is 3. The number of likely N-dealkylation sites (tertiary alicyclic amines) is 1. The first kappa shape index (κ1) is 35.2. The molecule has 3 aromatic rings. The van der Waals surface area contributed by atoms with Crippen molar-refractivity contribution in [2.75, 3.05) is 18.4 Å². The molecule has 42 heavy (non-hydrogen) atoms. The molecule has 6 N–H and O–H groups in total. The van der Waals surface area contributed by atoms with E-state index in [0.717, 1.165) is 16.5 Å². The van der Waals surface area contributed by atoms with Crippen LogP contribution in [0.15, 0.2) is 66.9 Å². The van der Waals surface area contributed by atoms with E-state index < -0.39 is 30.1 Å². The van der Waals surface area contributed by atoms with Gasteiger partial charge in [0.05, 0.1) is 23.4 Å². The summed E-state index contributed by atoms with van der Waals surface area (Å²) in [6.07, 6.45) is 1.93. The standard InChI is InChI=1S/C29H34N6O4.3ClH/c30-20-13-24(31-15-20)29(39)35-17-22(34-28(38)26(36)11-10-18-6-2-1-3-7-18)14-25(35)27(37)33-21-12-19-8-4-5-9-23(19)32-16-21;;;/h1-9,12,16,20,22,24-26,31,36H,10-11,13-15,17,30H2,(H,33,37)(H,34,38);3*1H/t20-,22+,24-,25-,26+;;;/m0.../s1. The van der Waals surface area contributed by atoms with Gasteiger partial charge in [0, 0.05) is 30.6 Å². The molecule has 2 aliphatic rings. The molecule has 3 heterocycles. The molecule has 0 radical (unpaired) electrons. The minimum absolute atomic E-state index is 0. The highest BCUT2D eigenvalue weighted by Gasteiger charge is 2.43. The van der Waals surface area contributed by atoms with Gasteiger partial charge >= 0.3 is 0 Å². The number of benzene rings is 2. The Morgan fingerprint density at radius 2 is 1.76 bits per heavy atom. The highest BCUT2D eigenvalue weighted by Crippen LogP contribution is 2.24. The van der Waals surface area contributed by atoms with Gasteiger partial charge in [-0.2, -0.15) is 0 Å². The second-order valence-corrected chi connectivity index (χ2v) is 10.4. The quantitative estimate of drug-likeness (QED) is 0.254. The van der Waals surface area contributed by atoms with Gasteiger partial charge in [0.1, 0.15) is 12.1 Å². The van der Waals surface area contributed by atoms with Crippen LogP contribution in [0.25, 0.3) is 10.9 Å². The molecule has 2 aromatic carbocycles. The molecule has 0 spiro atoms. The minimum Gasteiger partial charge on any atom is -0.383 e. The van der Waals surface area contributed by atoms with Gasteiger partial charge in [0.25, 0.3) is 0 Å². The van der Waals surface area contributed by atoms with Crippen molar-refractivity contribution in [1.29, 1.82) is 0 Å². The highest BCUT2D eigenvalue weighted by atomic mass is 35.5. The summed E-state index contributed by atoms with van der Waals surface area (Å²) in [5.74, 6) is -1.09. The van der Waals surface area contributed by atoms with Gasteiger partial charge in [-0.25, -0.2) is 0 Å². The predicted octanol–water partition coefficient (Wildman–Crippen LogP) is 2.21. The monoisotopic (exact) mass is 638 g/mol. The van der Waals surface area contributed by atoms with Crippen LogP contribution in [0.5, 0.6) is 0 Å². The lowest BCUT2D eigenvalue weighted by Crippen LogP contribution is -2.50. The summed E-state index contributed by atoms with van der Waals surface area (Å²) < 4.78 is 0. The summed E-state index contributed by atoms with van der Waals surface area (Å²) in [5.41, 5.74) is 8.36. The number of aliphatic hydroxyl groups excluding tert-OH is 1. The first-order chi connectivity index (χ1) is 18.9. The fourth-order valence-corrected chi connectivity index (χ4v) is 5.33. The molecule has 0 unspecified atom stereocenters. The van der Waals surface area contributed by atoms with Crippen LogP contribution in [0.1, 0.15) is 24.8 Å². The average molecular weight is 640 g/mol. The lowest BCUT2D eigenvalue weighted by Gasteiger charge is -2.26. The Balaban J connectivity index is 0.00000205. The number of nitrogens with two attached hydrogens (primary N) is 1. The molecule has 2 saturated heterocycles. The Morgan fingerprint density at radius 1 is 1.05 bits per heavy atom. The number of carbonyl (C=O) groups excluding carboxylic acids is 3. The molecule has 10 nitrogen and oxygen atoms in total. The van der Waals surface area contributed by atoms with Crippen molar-refractivity contribution < 1.29 is 19.5 Å². The molecule has 0 bridgehead atoms. The van der Waals surface area contributed by atoms with E-state index in [1.165, 1.54) is 4.90 Å². The van der Waals surface area contributed by atoms with Gasteiger partial charge in [0.15, 0.2) is 0 Å². The van der Waals surface area contributed by atoms with Crippen molar-refractivity contribution in [2.45, 2.75) is 56.0 Å². The Hall–Kier alpha value is -2.99. The molecular formula is C29H37Cl3N6O4. The number of hydrogen-bond donors (Lipinski definition) is 5. The molecule has 3 amide bonds. The second kappa shape index (κ2) is 16.0. The van der Waals surface area contributed by atoms with E-state index in [-0.39, 0.29) is 74.5 Å². The van der Waals surface area contributed by atoms with Crippen molar-refractivity contribution in [3.05, 3.63) is 72.4 Å². The Morgan fingerprint density at radius 3 is 2.48 bits per heavy atom. The number of nitrogens with zero attached hydrogens (tertiary/aromatic N) is 2. The third-order valence-electron chi connectivity index (χ3n) is 7.41. The zero-order valence-electron chi connectivity index (χ0n) is 22.8. The third-order valence-corrected chi connectivity index (χ3v) is 7.41. The number of nitrogens with one attached hydrogen (secondary N) is 3. The van der Waals surface area contributed by atoms with Crippen molar-refractivity contribution in [2.24, 2.45) is 5.73 Å². The smallest absolute Gasteiger partial charge is 0.249 e. The van der Waals surface area contributed by atoms with E-state index in [4.69, 9.17) is 5.73 Å². The molecule has 5 atom stereocenters. The van der Waals surface area contributed by atoms with Gasteiger partial charge in [-0.1, -0.05) is 48.5 Å². The number of aryl methyl sites for hydroxylation is 1. The van der Waals surface area contributed by atoms with Gasteiger partial charge < -0.3 is 31.7 Å². The lowest BCUT2D eigenvalue weighted by atomic mass is 10.1. The minimum atomic E-state index is -1.19. The fourth-order valence-electron chi connectivity index (χ4n) is 5.33. The topological polar surface area (TPSA) is 150 Å². The number of carbonyl (C=O) groups is 3. The Kier molecular flexibility index (Phi) is 13.4.